The van der Waals surface area contributed by atoms with Gasteiger partial charge in [-0.1, -0.05) is 13.8 Å². The standard InChI is InChI=1S/C11H12N2/c1-10(2)7-11(10,8-12)9-3-5-13-6-4-9/h3-6H,7H2,1-2H3. The maximum absolute atomic E-state index is 9.18. The lowest BCUT2D eigenvalue weighted by Crippen LogP contribution is -2.11. The fourth-order valence-electron chi connectivity index (χ4n) is 2.00. The normalized spacial score (nSPS) is 29.3. The molecule has 1 heterocycles. The first-order chi connectivity index (χ1) is 6.12. The summed E-state index contributed by atoms with van der Waals surface area (Å²) in [5, 5.41) is 9.18. The van der Waals surface area contributed by atoms with Crippen LogP contribution in [0.15, 0.2) is 24.5 Å². The first-order valence-corrected chi connectivity index (χ1v) is 4.44. The summed E-state index contributed by atoms with van der Waals surface area (Å²) < 4.78 is 0. The molecule has 1 unspecified atom stereocenters. The molecule has 1 aromatic heterocycles. The fourth-order valence-corrected chi connectivity index (χ4v) is 2.00. The number of pyridine rings is 1. The van der Waals surface area contributed by atoms with E-state index in [1.54, 1.807) is 12.4 Å². The van der Waals surface area contributed by atoms with E-state index in [0.29, 0.717) is 0 Å². The van der Waals surface area contributed by atoms with Gasteiger partial charge >= 0.3 is 0 Å². The Bertz CT molecular complexity index is 361. The third kappa shape index (κ3) is 0.968. The third-order valence-corrected chi connectivity index (χ3v) is 3.10. The maximum Gasteiger partial charge on any atom is 0.0880 e. The van der Waals surface area contributed by atoms with E-state index in [-0.39, 0.29) is 10.8 Å². The minimum absolute atomic E-state index is 0.128. The Morgan fingerprint density at radius 2 is 1.92 bits per heavy atom. The number of aromatic nitrogens is 1. The van der Waals surface area contributed by atoms with E-state index < -0.39 is 0 Å². The first kappa shape index (κ1) is 8.25. The van der Waals surface area contributed by atoms with Crippen molar-refractivity contribution in [1.82, 2.24) is 4.98 Å². The van der Waals surface area contributed by atoms with Crippen molar-refractivity contribution < 1.29 is 0 Å². The number of hydrogen-bond acceptors (Lipinski definition) is 2. The Morgan fingerprint density at radius 1 is 1.38 bits per heavy atom. The largest absolute Gasteiger partial charge is 0.265 e. The van der Waals surface area contributed by atoms with Gasteiger partial charge in [-0.2, -0.15) is 5.26 Å². The minimum Gasteiger partial charge on any atom is -0.265 e. The predicted molar refractivity (Wildman–Crippen MR) is 49.9 cm³/mol. The maximum atomic E-state index is 9.18. The summed E-state index contributed by atoms with van der Waals surface area (Å²) in [6.45, 7) is 4.27. The number of nitrogens with zero attached hydrogens (tertiary/aromatic N) is 2. The van der Waals surface area contributed by atoms with Crippen LogP contribution in [0.25, 0.3) is 0 Å². The Kier molecular flexibility index (Phi) is 1.47. The predicted octanol–water partition coefficient (Wildman–Crippen LogP) is 2.27. The molecule has 66 valence electrons. The van der Waals surface area contributed by atoms with Gasteiger partial charge in [-0.3, -0.25) is 4.98 Å². The Labute approximate surface area is 78.2 Å². The van der Waals surface area contributed by atoms with Crippen LogP contribution in [0.5, 0.6) is 0 Å². The minimum atomic E-state index is -0.254. The lowest BCUT2D eigenvalue weighted by molar-refractivity contribution is 0.570. The van der Waals surface area contributed by atoms with Crippen molar-refractivity contribution >= 4 is 0 Å². The molecule has 0 aromatic carbocycles. The van der Waals surface area contributed by atoms with E-state index in [1.807, 2.05) is 12.1 Å². The van der Waals surface area contributed by atoms with Gasteiger partial charge in [0.25, 0.3) is 0 Å². The smallest absolute Gasteiger partial charge is 0.0880 e. The second-order valence-electron chi connectivity index (χ2n) is 4.31. The molecular weight excluding hydrogens is 160 g/mol. The molecule has 1 aromatic rings. The highest BCUT2D eigenvalue weighted by Crippen LogP contribution is 2.63. The molecule has 0 bridgehead atoms. The average Bonchev–Trinajstić information content (AvgIpc) is 2.72. The fraction of sp³-hybridized carbons (Fsp3) is 0.455. The second-order valence-corrected chi connectivity index (χ2v) is 4.31. The van der Waals surface area contributed by atoms with Crippen LogP contribution in [0.3, 0.4) is 0 Å². The summed E-state index contributed by atoms with van der Waals surface area (Å²) in [5.41, 5.74) is 0.981. The van der Waals surface area contributed by atoms with Crippen LogP contribution in [0.2, 0.25) is 0 Å². The lowest BCUT2D eigenvalue weighted by Gasteiger charge is -2.11. The van der Waals surface area contributed by atoms with Crippen molar-refractivity contribution in [2.24, 2.45) is 5.41 Å². The highest BCUT2D eigenvalue weighted by atomic mass is 14.7. The number of rotatable bonds is 1. The summed E-state index contributed by atoms with van der Waals surface area (Å²) in [7, 11) is 0. The molecule has 1 fully saturated rings. The van der Waals surface area contributed by atoms with Crippen molar-refractivity contribution in [1.29, 1.82) is 5.26 Å². The Hall–Kier alpha value is -1.36. The summed E-state index contributed by atoms with van der Waals surface area (Å²) >= 11 is 0. The molecule has 13 heavy (non-hydrogen) atoms. The SMILES string of the molecule is CC1(C)CC1(C#N)c1ccncc1. The quantitative estimate of drug-likeness (QED) is 0.651. The molecule has 1 saturated carbocycles. The van der Waals surface area contributed by atoms with Crippen LogP contribution in [0.1, 0.15) is 25.8 Å². The van der Waals surface area contributed by atoms with Crippen LogP contribution >= 0.6 is 0 Å². The van der Waals surface area contributed by atoms with E-state index in [9.17, 15) is 5.26 Å². The molecule has 2 nitrogen and oxygen atoms in total. The molecular formula is C11H12N2. The third-order valence-electron chi connectivity index (χ3n) is 3.10. The number of hydrogen-bond donors (Lipinski definition) is 0. The topological polar surface area (TPSA) is 36.7 Å². The van der Waals surface area contributed by atoms with Crippen LogP contribution in [0, 0.1) is 16.7 Å². The van der Waals surface area contributed by atoms with Crippen LogP contribution in [-0.2, 0) is 5.41 Å². The molecule has 1 atom stereocenters. The molecule has 0 amide bonds. The average molecular weight is 172 g/mol. The van der Waals surface area contributed by atoms with Gasteiger partial charge in [0.15, 0.2) is 0 Å². The number of nitriles is 1. The van der Waals surface area contributed by atoms with Gasteiger partial charge in [0.2, 0.25) is 0 Å². The van der Waals surface area contributed by atoms with Gasteiger partial charge in [-0.05, 0) is 29.5 Å². The molecule has 0 radical (unpaired) electrons. The molecule has 2 heteroatoms. The molecule has 1 aliphatic rings. The van der Waals surface area contributed by atoms with Crippen molar-refractivity contribution in [3.8, 4) is 6.07 Å². The Morgan fingerprint density at radius 3 is 2.31 bits per heavy atom. The van der Waals surface area contributed by atoms with Crippen molar-refractivity contribution in [3.63, 3.8) is 0 Å². The van der Waals surface area contributed by atoms with E-state index in [4.69, 9.17) is 0 Å². The van der Waals surface area contributed by atoms with Crippen LogP contribution in [0.4, 0.5) is 0 Å². The van der Waals surface area contributed by atoms with Gasteiger partial charge in [0, 0.05) is 12.4 Å². The molecule has 2 rings (SSSR count). The van der Waals surface area contributed by atoms with Gasteiger partial charge in [-0.15, -0.1) is 0 Å². The summed E-state index contributed by atoms with van der Waals surface area (Å²) in [6, 6.07) is 6.32. The zero-order chi connectivity index (χ0) is 9.53. The Balaban J connectivity index is 2.44. The molecule has 0 N–H and O–H groups in total. The van der Waals surface area contributed by atoms with Gasteiger partial charge in [-0.25, -0.2) is 0 Å². The van der Waals surface area contributed by atoms with Crippen molar-refractivity contribution in [2.45, 2.75) is 25.7 Å². The summed E-state index contributed by atoms with van der Waals surface area (Å²) in [6.07, 6.45) is 4.46. The van der Waals surface area contributed by atoms with E-state index >= 15 is 0 Å². The summed E-state index contributed by atoms with van der Waals surface area (Å²) in [5.74, 6) is 0. The molecule has 0 spiro atoms. The zero-order valence-corrected chi connectivity index (χ0v) is 7.91. The monoisotopic (exact) mass is 172 g/mol. The van der Waals surface area contributed by atoms with Crippen LogP contribution < -0.4 is 0 Å². The molecule has 0 saturated heterocycles. The first-order valence-electron chi connectivity index (χ1n) is 4.44. The highest BCUT2D eigenvalue weighted by molar-refractivity contribution is 5.43. The van der Waals surface area contributed by atoms with E-state index in [1.165, 1.54) is 0 Å². The van der Waals surface area contributed by atoms with Gasteiger partial charge in [0.1, 0.15) is 0 Å². The van der Waals surface area contributed by atoms with E-state index in [0.717, 1.165) is 12.0 Å². The molecule has 0 aliphatic heterocycles. The van der Waals surface area contributed by atoms with Crippen LogP contribution in [-0.4, -0.2) is 4.98 Å². The van der Waals surface area contributed by atoms with E-state index in [2.05, 4.69) is 24.9 Å². The van der Waals surface area contributed by atoms with Crippen molar-refractivity contribution in [2.75, 3.05) is 0 Å². The highest BCUT2D eigenvalue weighted by Gasteiger charge is 2.62. The zero-order valence-electron chi connectivity index (χ0n) is 7.91. The lowest BCUT2D eigenvalue weighted by atomic mass is 9.90. The van der Waals surface area contributed by atoms with Gasteiger partial charge in [0.05, 0.1) is 11.5 Å². The molecule has 1 aliphatic carbocycles. The van der Waals surface area contributed by atoms with Crippen molar-refractivity contribution in [3.05, 3.63) is 30.1 Å². The second kappa shape index (κ2) is 2.32. The summed E-state index contributed by atoms with van der Waals surface area (Å²) in [4.78, 5) is 3.96. The van der Waals surface area contributed by atoms with Gasteiger partial charge < -0.3 is 0 Å².